The summed E-state index contributed by atoms with van der Waals surface area (Å²) in [5, 5.41) is 0.552. The number of amides is 1. The van der Waals surface area contributed by atoms with Crippen LogP contribution >= 0.6 is 11.6 Å². The second-order valence-corrected chi connectivity index (χ2v) is 9.66. The number of piperazine rings is 1. The quantitative estimate of drug-likeness (QED) is 0.802. The minimum Gasteiger partial charge on any atom is -0.306 e. The first-order chi connectivity index (χ1) is 11.4. The molecule has 3 fully saturated rings. The molecule has 3 aliphatic rings. The standard InChI is InChI=1S/C17H21ClN2O3S/c18-12-4-3-7-14(8-12)20-16-11-24(22,23)10-15(16)19(9-17(20)21)13-5-1-2-6-13/h3-4,7-8,13,15-16H,1-2,5-6,9-11H2/t15-,16+/m0/s1. The average molecular weight is 369 g/mol. The van der Waals surface area contributed by atoms with Gasteiger partial charge < -0.3 is 4.90 Å². The molecule has 0 unspecified atom stereocenters. The van der Waals surface area contributed by atoms with E-state index in [2.05, 4.69) is 4.90 Å². The van der Waals surface area contributed by atoms with Gasteiger partial charge >= 0.3 is 0 Å². The zero-order valence-electron chi connectivity index (χ0n) is 13.4. The summed E-state index contributed by atoms with van der Waals surface area (Å²) < 4.78 is 24.6. The van der Waals surface area contributed by atoms with E-state index >= 15 is 0 Å². The van der Waals surface area contributed by atoms with Crippen molar-refractivity contribution in [1.29, 1.82) is 0 Å². The number of carbonyl (C=O) groups is 1. The monoisotopic (exact) mass is 368 g/mol. The molecule has 1 aromatic carbocycles. The molecular weight excluding hydrogens is 348 g/mol. The third-order valence-electron chi connectivity index (χ3n) is 5.52. The zero-order chi connectivity index (χ0) is 16.9. The number of benzene rings is 1. The highest BCUT2D eigenvalue weighted by Crippen LogP contribution is 2.36. The lowest BCUT2D eigenvalue weighted by Gasteiger charge is -2.46. The van der Waals surface area contributed by atoms with Gasteiger partial charge in [0, 0.05) is 22.8 Å². The molecule has 2 atom stereocenters. The molecule has 0 radical (unpaired) electrons. The zero-order valence-corrected chi connectivity index (χ0v) is 15.0. The van der Waals surface area contributed by atoms with Crippen molar-refractivity contribution in [3.63, 3.8) is 0 Å². The molecule has 1 aromatic rings. The van der Waals surface area contributed by atoms with Crippen molar-refractivity contribution in [3.05, 3.63) is 29.3 Å². The fourth-order valence-corrected chi connectivity index (χ4v) is 6.65. The first kappa shape index (κ1) is 16.4. The van der Waals surface area contributed by atoms with E-state index in [9.17, 15) is 13.2 Å². The summed E-state index contributed by atoms with van der Waals surface area (Å²) in [4.78, 5) is 16.7. The van der Waals surface area contributed by atoms with Gasteiger partial charge in [0.15, 0.2) is 9.84 Å². The van der Waals surface area contributed by atoms with Crippen LogP contribution in [0.4, 0.5) is 5.69 Å². The van der Waals surface area contributed by atoms with Gasteiger partial charge in [0.1, 0.15) is 0 Å². The van der Waals surface area contributed by atoms with Crippen LogP contribution in [0, 0.1) is 0 Å². The lowest BCUT2D eigenvalue weighted by molar-refractivity contribution is -0.124. The van der Waals surface area contributed by atoms with Gasteiger partial charge in [-0.3, -0.25) is 9.69 Å². The van der Waals surface area contributed by atoms with Crippen molar-refractivity contribution in [3.8, 4) is 0 Å². The van der Waals surface area contributed by atoms with Crippen molar-refractivity contribution in [2.75, 3.05) is 23.0 Å². The minimum absolute atomic E-state index is 0.0254. The minimum atomic E-state index is -3.13. The van der Waals surface area contributed by atoms with Gasteiger partial charge in [-0.05, 0) is 31.0 Å². The summed E-state index contributed by atoms with van der Waals surface area (Å²) in [5.41, 5.74) is 0.700. The van der Waals surface area contributed by atoms with Crippen LogP contribution in [0.3, 0.4) is 0 Å². The molecule has 2 saturated heterocycles. The fraction of sp³-hybridized carbons (Fsp3) is 0.588. The molecule has 0 aromatic heterocycles. The molecule has 1 amide bonds. The number of halogens is 1. The van der Waals surface area contributed by atoms with E-state index in [1.165, 1.54) is 0 Å². The molecule has 0 spiro atoms. The molecule has 24 heavy (non-hydrogen) atoms. The van der Waals surface area contributed by atoms with E-state index in [1.54, 1.807) is 23.1 Å². The van der Waals surface area contributed by atoms with E-state index in [1.807, 2.05) is 6.07 Å². The molecule has 1 saturated carbocycles. The molecule has 4 rings (SSSR count). The van der Waals surface area contributed by atoms with Crippen molar-refractivity contribution in [2.24, 2.45) is 0 Å². The van der Waals surface area contributed by atoms with Crippen LogP contribution in [-0.2, 0) is 14.6 Å². The molecule has 0 N–H and O–H groups in total. The van der Waals surface area contributed by atoms with Gasteiger partial charge in [0.2, 0.25) is 5.91 Å². The Balaban J connectivity index is 1.71. The Labute approximate surface area is 147 Å². The molecule has 2 aliphatic heterocycles. The first-order valence-corrected chi connectivity index (χ1v) is 10.7. The molecule has 130 valence electrons. The average Bonchev–Trinajstić information content (AvgIpc) is 3.13. The first-order valence-electron chi connectivity index (χ1n) is 8.48. The van der Waals surface area contributed by atoms with Crippen molar-refractivity contribution < 1.29 is 13.2 Å². The van der Waals surface area contributed by atoms with E-state index in [0.717, 1.165) is 25.7 Å². The maximum absolute atomic E-state index is 12.9. The highest BCUT2D eigenvalue weighted by Gasteiger charge is 2.51. The summed E-state index contributed by atoms with van der Waals surface area (Å²) in [6.07, 6.45) is 4.45. The van der Waals surface area contributed by atoms with Gasteiger partial charge in [0.25, 0.3) is 0 Å². The molecular formula is C17H21ClN2O3S. The molecule has 2 heterocycles. The maximum atomic E-state index is 12.9. The topological polar surface area (TPSA) is 57.7 Å². The Morgan fingerprint density at radius 3 is 2.50 bits per heavy atom. The Morgan fingerprint density at radius 1 is 1.08 bits per heavy atom. The summed E-state index contributed by atoms with van der Waals surface area (Å²) in [6.45, 7) is 0.299. The summed E-state index contributed by atoms with van der Waals surface area (Å²) >= 11 is 6.08. The van der Waals surface area contributed by atoms with Crippen LogP contribution in [0.15, 0.2) is 24.3 Å². The van der Waals surface area contributed by atoms with E-state index in [0.29, 0.717) is 23.3 Å². The maximum Gasteiger partial charge on any atom is 0.241 e. The number of anilines is 1. The normalized spacial score (nSPS) is 30.7. The van der Waals surface area contributed by atoms with Gasteiger partial charge in [0.05, 0.1) is 24.1 Å². The van der Waals surface area contributed by atoms with Crippen LogP contribution in [0.25, 0.3) is 0 Å². The van der Waals surface area contributed by atoms with Crippen LogP contribution in [0.1, 0.15) is 25.7 Å². The van der Waals surface area contributed by atoms with E-state index in [-0.39, 0.29) is 29.5 Å². The predicted octanol–water partition coefficient (Wildman–Crippen LogP) is 2.10. The van der Waals surface area contributed by atoms with Crippen LogP contribution in [-0.4, -0.2) is 55.4 Å². The lowest BCUT2D eigenvalue weighted by Crippen LogP contribution is -2.64. The van der Waals surface area contributed by atoms with Crippen molar-refractivity contribution >= 4 is 33.0 Å². The molecule has 5 nitrogen and oxygen atoms in total. The van der Waals surface area contributed by atoms with Crippen LogP contribution in [0.2, 0.25) is 5.02 Å². The third kappa shape index (κ3) is 2.85. The van der Waals surface area contributed by atoms with E-state index in [4.69, 9.17) is 11.6 Å². The molecule has 0 bridgehead atoms. The number of carbonyl (C=O) groups excluding carboxylic acids is 1. The Morgan fingerprint density at radius 2 is 1.79 bits per heavy atom. The number of nitrogens with zero attached hydrogens (tertiary/aromatic N) is 2. The Kier molecular flexibility index (Phi) is 4.09. The SMILES string of the molecule is O=C1CN(C2CCCC2)[C@H]2CS(=O)(=O)C[C@H]2N1c1cccc(Cl)c1. The van der Waals surface area contributed by atoms with Gasteiger partial charge in [-0.1, -0.05) is 30.5 Å². The Bertz CT molecular complexity index is 761. The fourth-order valence-electron chi connectivity index (χ4n) is 4.51. The summed E-state index contributed by atoms with van der Waals surface area (Å²) in [5.74, 6) is 0.167. The van der Waals surface area contributed by atoms with Crippen LogP contribution in [0.5, 0.6) is 0 Å². The third-order valence-corrected chi connectivity index (χ3v) is 7.45. The largest absolute Gasteiger partial charge is 0.306 e. The number of sulfone groups is 1. The smallest absolute Gasteiger partial charge is 0.241 e. The number of fused-ring (bicyclic) bond motifs is 1. The van der Waals surface area contributed by atoms with E-state index < -0.39 is 9.84 Å². The summed E-state index contributed by atoms with van der Waals surface area (Å²) in [7, 11) is -3.13. The molecule has 7 heteroatoms. The summed E-state index contributed by atoms with van der Waals surface area (Å²) in [6, 6.07) is 7.06. The molecule has 1 aliphatic carbocycles. The lowest BCUT2D eigenvalue weighted by atomic mass is 10.00. The van der Waals surface area contributed by atoms with Crippen molar-refractivity contribution in [1.82, 2.24) is 4.90 Å². The predicted molar refractivity (Wildman–Crippen MR) is 94.1 cm³/mol. The Hall–Kier alpha value is -1.11. The second-order valence-electron chi connectivity index (χ2n) is 7.07. The number of hydrogen-bond donors (Lipinski definition) is 0. The van der Waals surface area contributed by atoms with Gasteiger partial charge in [-0.2, -0.15) is 0 Å². The van der Waals surface area contributed by atoms with Gasteiger partial charge in [-0.15, -0.1) is 0 Å². The van der Waals surface area contributed by atoms with Gasteiger partial charge in [-0.25, -0.2) is 8.42 Å². The highest BCUT2D eigenvalue weighted by molar-refractivity contribution is 7.91. The van der Waals surface area contributed by atoms with Crippen molar-refractivity contribution in [2.45, 2.75) is 43.8 Å². The highest BCUT2D eigenvalue weighted by atomic mass is 35.5. The van der Waals surface area contributed by atoms with Crippen LogP contribution < -0.4 is 4.90 Å². The number of hydrogen-bond acceptors (Lipinski definition) is 4. The number of rotatable bonds is 2. The second kappa shape index (κ2) is 6.00.